The normalized spacial score (nSPS) is 17.5. The summed E-state index contributed by atoms with van der Waals surface area (Å²) < 4.78 is 0. The molecule has 94 valence electrons. The summed E-state index contributed by atoms with van der Waals surface area (Å²) in [6.07, 6.45) is 5.35. The Kier molecular flexibility index (Phi) is 5.26. The fourth-order valence-electron chi connectivity index (χ4n) is 2.01. The van der Waals surface area contributed by atoms with Crippen LogP contribution in [0.3, 0.4) is 0 Å². The molecule has 1 saturated carbocycles. The van der Waals surface area contributed by atoms with Gasteiger partial charge in [-0.1, -0.05) is 20.3 Å². The van der Waals surface area contributed by atoms with Crippen LogP contribution in [0.5, 0.6) is 0 Å². The van der Waals surface area contributed by atoms with Gasteiger partial charge in [0.1, 0.15) is 0 Å². The predicted molar refractivity (Wildman–Crippen MR) is 67.3 cm³/mol. The average molecular weight is 226 g/mol. The van der Waals surface area contributed by atoms with Gasteiger partial charge in [-0.2, -0.15) is 0 Å². The van der Waals surface area contributed by atoms with Crippen molar-refractivity contribution in [1.82, 2.24) is 10.6 Å². The molecule has 0 aromatic heterocycles. The summed E-state index contributed by atoms with van der Waals surface area (Å²) >= 11 is 0. The maximum absolute atomic E-state index is 11.6. The van der Waals surface area contributed by atoms with Crippen LogP contribution in [-0.2, 0) is 4.79 Å². The zero-order chi connectivity index (χ0) is 12.0. The van der Waals surface area contributed by atoms with Crippen LogP contribution < -0.4 is 10.6 Å². The molecule has 0 atom stereocenters. The molecule has 3 nitrogen and oxygen atoms in total. The number of hydrogen-bond donors (Lipinski definition) is 2. The molecule has 1 amide bonds. The standard InChI is InChI=1S/C13H26N2O/c1-11(2)5-4-6-12(16)15-10-13(7-8-13)9-14-3/h11,14H,4-10H2,1-3H3,(H,15,16). The Hall–Kier alpha value is -0.570. The average Bonchev–Trinajstić information content (AvgIpc) is 2.96. The molecule has 0 radical (unpaired) electrons. The zero-order valence-electron chi connectivity index (χ0n) is 10.9. The van der Waals surface area contributed by atoms with Gasteiger partial charge in [0.25, 0.3) is 0 Å². The lowest BCUT2D eigenvalue weighted by Gasteiger charge is -2.15. The number of rotatable bonds is 8. The molecule has 1 aliphatic carbocycles. The molecule has 0 bridgehead atoms. The van der Waals surface area contributed by atoms with E-state index >= 15 is 0 Å². The topological polar surface area (TPSA) is 41.1 Å². The Morgan fingerprint density at radius 1 is 1.31 bits per heavy atom. The van der Waals surface area contributed by atoms with E-state index in [0.29, 0.717) is 17.8 Å². The van der Waals surface area contributed by atoms with Crippen molar-refractivity contribution in [2.24, 2.45) is 11.3 Å². The lowest BCUT2D eigenvalue weighted by atomic mass is 10.1. The van der Waals surface area contributed by atoms with Crippen molar-refractivity contribution in [3.8, 4) is 0 Å². The number of nitrogens with one attached hydrogen (secondary N) is 2. The van der Waals surface area contributed by atoms with Crippen LogP contribution in [0.4, 0.5) is 0 Å². The van der Waals surface area contributed by atoms with Gasteiger partial charge < -0.3 is 10.6 Å². The van der Waals surface area contributed by atoms with E-state index in [1.165, 1.54) is 12.8 Å². The molecular weight excluding hydrogens is 200 g/mol. The third-order valence-electron chi connectivity index (χ3n) is 3.35. The second-order valence-electron chi connectivity index (χ2n) is 5.59. The van der Waals surface area contributed by atoms with Crippen LogP contribution in [0, 0.1) is 11.3 Å². The second-order valence-corrected chi connectivity index (χ2v) is 5.59. The van der Waals surface area contributed by atoms with Crippen molar-refractivity contribution in [2.75, 3.05) is 20.1 Å². The van der Waals surface area contributed by atoms with Gasteiger partial charge in [-0.05, 0) is 32.2 Å². The van der Waals surface area contributed by atoms with Gasteiger partial charge in [-0.15, -0.1) is 0 Å². The highest BCUT2D eigenvalue weighted by molar-refractivity contribution is 5.75. The molecule has 1 fully saturated rings. The third kappa shape index (κ3) is 4.97. The Labute approximate surface area is 99.4 Å². The van der Waals surface area contributed by atoms with E-state index in [-0.39, 0.29) is 5.91 Å². The first-order chi connectivity index (χ1) is 7.58. The minimum atomic E-state index is 0.225. The predicted octanol–water partition coefficient (Wildman–Crippen LogP) is 1.93. The van der Waals surface area contributed by atoms with E-state index in [1.54, 1.807) is 0 Å². The number of hydrogen-bond acceptors (Lipinski definition) is 2. The first-order valence-corrected chi connectivity index (χ1v) is 6.49. The molecule has 16 heavy (non-hydrogen) atoms. The maximum Gasteiger partial charge on any atom is 0.220 e. The van der Waals surface area contributed by atoms with E-state index in [4.69, 9.17) is 0 Å². The molecule has 0 saturated heterocycles. The Morgan fingerprint density at radius 3 is 2.50 bits per heavy atom. The first-order valence-electron chi connectivity index (χ1n) is 6.49. The molecule has 1 aliphatic rings. The Morgan fingerprint density at radius 2 is 2.00 bits per heavy atom. The van der Waals surface area contributed by atoms with Crippen LogP contribution in [-0.4, -0.2) is 26.0 Å². The molecule has 3 heteroatoms. The smallest absolute Gasteiger partial charge is 0.220 e. The summed E-state index contributed by atoms with van der Waals surface area (Å²) in [5.74, 6) is 0.926. The number of amides is 1. The van der Waals surface area contributed by atoms with Crippen LogP contribution in [0.15, 0.2) is 0 Å². The van der Waals surface area contributed by atoms with Crippen LogP contribution in [0.2, 0.25) is 0 Å². The van der Waals surface area contributed by atoms with Gasteiger partial charge in [0.15, 0.2) is 0 Å². The number of carbonyl (C=O) groups excluding carboxylic acids is 1. The van der Waals surface area contributed by atoms with Crippen molar-refractivity contribution in [3.05, 3.63) is 0 Å². The van der Waals surface area contributed by atoms with Crippen molar-refractivity contribution < 1.29 is 4.79 Å². The SMILES string of the molecule is CNCC1(CNC(=O)CCCC(C)C)CC1. The fraction of sp³-hybridized carbons (Fsp3) is 0.923. The zero-order valence-corrected chi connectivity index (χ0v) is 10.9. The van der Waals surface area contributed by atoms with E-state index in [1.807, 2.05) is 7.05 Å². The summed E-state index contributed by atoms with van der Waals surface area (Å²) in [4.78, 5) is 11.6. The molecule has 0 unspecified atom stereocenters. The van der Waals surface area contributed by atoms with E-state index in [9.17, 15) is 4.79 Å². The first kappa shape index (κ1) is 13.5. The van der Waals surface area contributed by atoms with Crippen molar-refractivity contribution in [3.63, 3.8) is 0 Å². The summed E-state index contributed by atoms with van der Waals surface area (Å²) in [7, 11) is 1.98. The molecule has 2 N–H and O–H groups in total. The van der Waals surface area contributed by atoms with Gasteiger partial charge >= 0.3 is 0 Å². The highest BCUT2D eigenvalue weighted by Crippen LogP contribution is 2.44. The second kappa shape index (κ2) is 6.24. The van der Waals surface area contributed by atoms with Crippen molar-refractivity contribution in [1.29, 1.82) is 0 Å². The molecular formula is C13H26N2O. The van der Waals surface area contributed by atoms with Gasteiger partial charge in [0.2, 0.25) is 5.91 Å². The molecule has 0 aromatic carbocycles. The van der Waals surface area contributed by atoms with Gasteiger partial charge in [-0.25, -0.2) is 0 Å². The molecule has 0 aliphatic heterocycles. The summed E-state index contributed by atoms with van der Waals surface area (Å²) in [6.45, 7) is 6.28. The summed E-state index contributed by atoms with van der Waals surface area (Å²) in [5.41, 5.74) is 0.377. The minimum absolute atomic E-state index is 0.225. The third-order valence-corrected chi connectivity index (χ3v) is 3.35. The van der Waals surface area contributed by atoms with E-state index in [2.05, 4.69) is 24.5 Å². The molecule has 0 heterocycles. The Balaban J connectivity index is 2.06. The minimum Gasteiger partial charge on any atom is -0.355 e. The van der Waals surface area contributed by atoms with Crippen LogP contribution in [0.25, 0.3) is 0 Å². The van der Waals surface area contributed by atoms with Gasteiger partial charge in [-0.3, -0.25) is 4.79 Å². The van der Waals surface area contributed by atoms with Gasteiger partial charge in [0, 0.05) is 24.9 Å². The summed E-state index contributed by atoms with van der Waals surface area (Å²) in [5, 5.41) is 6.27. The Bertz CT molecular complexity index is 222. The van der Waals surface area contributed by atoms with Crippen molar-refractivity contribution >= 4 is 5.91 Å². The lowest BCUT2D eigenvalue weighted by Crippen LogP contribution is -2.34. The molecule has 1 rings (SSSR count). The van der Waals surface area contributed by atoms with Gasteiger partial charge in [0.05, 0.1) is 0 Å². The lowest BCUT2D eigenvalue weighted by molar-refractivity contribution is -0.121. The van der Waals surface area contributed by atoms with Crippen LogP contribution in [0.1, 0.15) is 46.0 Å². The quantitative estimate of drug-likeness (QED) is 0.664. The fourth-order valence-corrected chi connectivity index (χ4v) is 2.01. The van der Waals surface area contributed by atoms with E-state index in [0.717, 1.165) is 25.9 Å². The van der Waals surface area contributed by atoms with Crippen LogP contribution >= 0.6 is 0 Å². The molecule has 0 aromatic rings. The highest BCUT2D eigenvalue weighted by Gasteiger charge is 2.41. The number of carbonyl (C=O) groups is 1. The maximum atomic E-state index is 11.6. The van der Waals surface area contributed by atoms with Crippen molar-refractivity contribution in [2.45, 2.75) is 46.0 Å². The largest absolute Gasteiger partial charge is 0.355 e. The highest BCUT2D eigenvalue weighted by atomic mass is 16.1. The molecule has 0 spiro atoms. The monoisotopic (exact) mass is 226 g/mol. The van der Waals surface area contributed by atoms with E-state index < -0.39 is 0 Å². The summed E-state index contributed by atoms with van der Waals surface area (Å²) in [6, 6.07) is 0.